The first-order chi connectivity index (χ1) is 21.6. The number of aliphatic hydroxyl groups is 2. The van der Waals surface area contributed by atoms with E-state index in [2.05, 4.69) is 61.9 Å². The summed E-state index contributed by atoms with van der Waals surface area (Å²) in [6, 6.07) is 8.23. The van der Waals surface area contributed by atoms with E-state index in [0.29, 0.717) is 12.8 Å². The van der Waals surface area contributed by atoms with E-state index in [9.17, 15) is 10.2 Å². The molecule has 0 aliphatic heterocycles. The lowest BCUT2D eigenvalue weighted by Gasteiger charge is -2.13. The van der Waals surface area contributed by atoms with Gasteiger partial charge in [-0.25, -0.2) is 9.97 Å². The topological polar surface area (TPSA) is 92.0 Å². The highest BCUT2D eigenvalue weighted by Crippen LogP contribution is 2.41. The van der Waals surface area contributed by atoms with Gasteiger partial charge in [-0.15, -0.1) is 45.3 Å². The van der Waals surface area contributed by atoms with Crippen molar-refractivity contribution in [2.75, 3.05) is 0 Å². The summed E-state index contributed by atoms with van der Waals surface area (Å²) in [6.07, 6.45) is 6.05. The van der Waals surface area contributed by atoms with E-state index in [0.717, 1.165) is 78.5 Å². The summed E-state index contributed by atoms with van der Waals surface area (Å²) in [5.74, 6) is 0. The molecule has 0 radical (unpaired) electrons. The number of benzene rings is 2. The van der Waals surface area contributed by atoms with Crippen LogP contribution in [0.4, 0.5) is 0 Å². The van der Waals surface area contributed by atoms with Crippen LogP contribution in [0.5, 0.6) is 0 Å². The third-order valence-electron chi connectivity index (χ3n) is 8.05. The van der Waals surface area contributed by atoms with E-state index < -0.39 is 12.2 Å². The van der Waals surface area contributed by atoms with Gasteiger partial charge in [-0.2, -0.15) is 0 Å². The van der Waals surface area contributed by atoms with Crippen LogP contribution in [-0.2, 0) is 0 Å². The first kappa shape index (κ1) is 32.5. The molecule has 0 fully saturated rings. The molecule has 6 nitrogen and oxygen atoms in total. The van der Waals surface area contributed by atoms with Gasteiger partial charge in [-0.05, 0) is 87.1 Å². The van der Waals surface area contributed by atoms with Crippen LogP contribution in [0.1, 0.15) is 76.3 Å². The largest absolute Gasteiger partial charge is 0.388 e. The molecule has 0 spiro atoms. The molecule has 0 bridgehead atoms. The number of unbranched alkanes of at least 4 members (excludes halogenated alkanes) is 2. The van der Waals surface area contributed by atoms with Crippen molar-refractivity contribution in [2.24, 2.45) is 0 Å². The van der Waals surface area contributed by atoms with E-state index >= 15 is 0 Å². The Morgan fingerprint density at radius 3 is 1.36 bits per heavy atom. The van der Waals surface area contributed by atoms with Gasteiger partial charge in [0.25, 0.3) is 0 Å². The second kappa shape index (κ2) is 13.7. The van der Waals surface area contributed by atoms with Crippen LogP contribution in [0.2, 0.25) is 0 Å². The quantitative estimate of drug-likeness (QED) is 0.107. The Bertz CT molecular complexity index is 2000. The van der Waals surface area contributed by atoms with E-state index in [1.165, 1.54) is 67.6 Å². The molecule has 4 aromatic heterocycles. The highest BCUT2D eigenvalue weighted by Gasteiger charge is 2.21. The molecule has 12 heteroatoms. The summed E-state index contributed by atoms with van der Waals surface area (Å²) >= 11 is 16.9. The number of aliphatic hydroxyl groups excluding tert-OH is 2. The minimum atomic E-state index is -0.632. The Labute approximate surface area is 288 Å². The Morgan fingerprint density at radius 1 is 0.578 bits per heavy atom. The summed E-state index contributed by atoms with van der Waals surface area (Å²) in [6.45, 7) is 8.29. The van der Waals surface area contributed by atoms with Crippen LogP contribution >= 0.6 is 69.8 Å². The average molecular weight is 709 g/mol. The lowest BCUT2D eigenvalue weighted by Crippen LogP contribution is -2.00. The summed E-state index contributed by atoms with van der Waals surface area (Å²) in [5.41, 5.74) is 9.61. The van der Waals surface area contributed by atoms with Gasteiger partial charge in [0.2, 0.25) is 0 Å². The van der Waals surface area contributed by atoms with E-state index in [-0.39, 0.29) is 0 Å². The van der Waals surface area contributed by atoms with E-state index in [4.69, 9.17) is 34.4 Å². The zero-order chi connectivity index (χ0) is 31.8. The standard InChI is InChI=1S/C33H32N4O2S6/c1-16-10-20-22(12-18(16)3)36-24(14-34-20)28-30(44-32(40)42-28)26(38)8-6-5-7-9-27(39)31-29(43-33(41)45-31)25-15-35-21-11-17(2)19(4)13-23(21)37-25/h10-15,26-27,38-39H,5-9H2,1-4H3. The number of hydrogen-bond donors (Lipinski definition) is 2. The zero-order valence-electron chi connectivity index (χ0n) is 25.3. The van der Waals surface area contributed by atoms with Gasteiger partial charge < -0.3 is 10.2 Å². The van der Waals surface area contributed by atoms with Gasteiger partial charge in [-0.3, -0.25) is 9.97 Å². The molecular weight excluding hydrogens is 677 g/mol. The van der Waals surface area contributed by atoms with Gasteiger partial charge in [0, 0.05) is 0 Å². The molecule has 0 aliphatic rings. The molecule has 2 aromatic carbocycles. The van der Waals surface area contributed by atoms with Crippen LogP contribution in [0.15, 0.2) is 36.7 Å². The number of hydrogen-bond acceptors (Lipinski definition) is 12. The monoisotopic (exact) mass is 708 g/mol. The molecule has 6 rings (SSSR count). The van der Waals surface area contributed by atoms with Crippen molar-refractivity contribution in [1.29, 1.82) is 0 Å². The van der Waals surface area contributed by atoms with Gasteiger partial charge in [0.15, 0.2) is 0 Å². The second-order valence-corrected chi connectivity index (χ2v) is 17.8. The van der Waals surface area contributed by atoms with Crippen molar-refractivity contribution in [2.45, 2.75) is 72.0 Å². The molecular formula is C33H32N4O2S6. The molecule has 0 aliphatic carbocycles. The van der Waals surface area contributed by atoms with Crippen LogP contribution in [0.25, 0.3) is 43.2 Å². The molecule has 0 saturated heterocycles. The van der Waals surface area contributed by atoms with Gasteiger partial charge >= 0.3 is 0 Å². The van der Waals surface area contributed by atoms with Gasteiger partial charge in [0.05, 0.1) is 66.2 Å². The summed E-state index contributed by atoms with van der Waals surface area (Å²) < 4.78 is 1.53. The van der Waals surface area contributed by atoms with Crippen LogP contribution in [0, 0.1) is 34.0 Å². The molecule has 0 saturated carbocycles. The minimum Gasteiger partial charge on any atom is -0.388 e. The molecule has 2 N–H and O–H groups in total. The summed E-state index contributed by atoms with van der Waals surface area (Å²) in [5, 5.41) is 22.4. The van der Waals surface area contributed by atoms with E-state index in [1.54, 1.807) is 12.4 Å². The first-order valence-electron chi connectivity index (χ1n) is 14.7. The number of aromatic nitrogens is 4. The number of aryl methyl sites for hydroxylation is 4. The normalized spacial score (nSPS) is 13.1. The fraction of sp³-hybridized carbons (Fsp3) is 0.333. The molecule has 232 valence electrons. The fourth-order valence-electron chi connectivity index (χ4n) is 5.25. The van der Waals surface area contributed by atoms with Crippen LogP contribution in [0.3, 0.4) is 0 Å². The fourth-order valence-corrected chi connectivity index (χ4v) is 10.6. The molecule has 2 atom stereocenters. The molecule has 4 heterocycles. The maximum absolute atomic E-state index is 11.2. The van der Waals surface area contributed by atoms with Gasteiger partial charge in [-0.1, -0.05) is 43.7 Å². The zero-order valence-corrected chi connectivity index (χ0v) is 30.2. The lowest BCUT2D eigenvalue weighted by atomic mass is 10.0. The van der Waals surface area contributed by atoms with Crippen molar-refractivity contribution in [3.8, 4) is 21.1 Å². The Balaban J connectivity index is 1.08. The third kappa shape index (κ3) is 7.13. The maximum Gasteiger partial charge on any atom is 0.144 e. The lowest BCUT2D eigenvalue weighted by molar-refractivity contribution is 0.158. The highest BCUT2D eigenvalue weighted by atomic mass is 32.2. The van der Waals surface area contributed by atoms with Crippen molar-refractivity contribution < 1.29 is 10.2 Å². The average Bonchev–Trinajstić information content (AvgIpc) is 3.60. The highest BCUT2D eigenvalue weighted by molar-refractivity contribution is 7.77. The van der Waals surface area contributed by atoms with Crippen molar-refractivity contribution in [3.63, 3.8) is 0 Å². The van der Waals surface area contributed by atoms with Crippen LogP contribution < -0.4 is 0 Å². The smallest absolute Gasteiger partial charge is 0.144 e. The first-order valence-corrected chi connectivity index (χ1v) is 18.8. The molecule has 2 unspecified atom stereocenters. The Morgan fingerprint density at radius 2 is 0.956 bits per heavy atom. The molecule has 45 heavy (non-hydrogen) atoms. The number of rotatable bonds is 10. The van der Waals surface area contributed by atoms with Crippen molar-refractivity contribution in [1.82, 2.24) is 19.9 Å². The molecule has 6 aromatic rings. The van der Waals surface area contributed by atoms with Crippen molar-refractivity contribution >= 4 is 91.8 Å². The number of fused-ring (bicyclic) bond motifs is 2. The number of nitrogens with zero attached hydrogens (tertiary/aromatic N) is 4. The summed E-state index contributed by atoms with van der Waals surface area (Å²) in [4.78, 5) is 22.5. The Kier molecular flexibility index (Phi) is 9.93. The SMILES string of the molecule is Cc1cc2ncc(-c3sc(=S)sc3C(O)CCCCCC(O)c3sc(=S)sc3-c3cnc4cc(C)c(C)cc4n3)nc2cc1C. The third-order valence-corrected chi connectivity index (χ3v) is 13.6. The predicted molar refractivity (Wildman–Crippen MR) is 195 cm³/mol. The van der Waals surface area contributed by atoms with Gasteiger partial charge in [0.1, 0.15) is 17.7 Å². The molecule has 0 amide bonds. The second-order valence-electron chi connectivity index (χ2n) is 11.3. The van der Waals surface area contributed by atoms with E-state index in [1.807, 2.05) is 0 Å². The maximum atomic E-state index is 11.2. The summed E-state index contributed by atoms with van der Waals surface area (Å²) in [7, 11) is 0. The van der Waals surface area contributed by atoms with Crippen LogP contribution in [-0.4, -0.2) is 30.1 Å². The minimum absolute atomic E-state index is 0.610. The van der Waals surface area contributed by atoms with Crippen molar-refractivity contribution in [3.05, 3.63) is 74.9 Å². The Hall–Kier alpha value is -2.42. The predicted octanol–water partition coefficient (Wildman–Crippen LogP) is 10.6.